The van der Waals surface area contributed by atoms with Gasteiger partial charge in [-0.3, -0.25) is 0 Å². The molecule has 0 fully saturated rings. The summed E-state index contributed by atoms with van der Waals surface area (Å²) in [6.45, 7) is 2.38. The van der Waals surface area contributed by atoms with Crippen molar-refractivity contribution < 1.29 is 8.42 Å². The summed E-state index contributed by atoms with van der Waals surface area (Å²) < 4.78 is 24.6. The number of aryl methyl sites for hydroxylation is 1. The molecule has 0 radical (unpaired) electrons. The molecule has 112 valence electrons. The van der Waals surface area contributed by atoms with E-state index in [1.807, 2.05) is 37.3 Å². The molecule has 0 amide bonds. The van der Waals surface area contributed by atoms with Gasteiger partial charge in [0.25, 0.3) is 0 Å². The Morgan fingerprint density at radius 3 is 2.57 bits per heavy atom. The van der Waals surface area contributed by atoms with Gasteiger partial charge in [-0.15, -0.1) is 11.8 Å². The molecule has 0 saturated heterocycles. The molecule has 3 nitrogen and oxygen atoms in total. The third-order valence-electron chi connectivity index (χ3n) is 3.20. The zero-order valence-corrected chi connectivity index (χ0v) is 13.6. The van der Waals surface area contributed by atoms with Crippen LogP contribution in [0.2, 0.25) is 0 Å². The standard InChI is InChI=1S/C16H19NO2S2/c1-13-5-2-3-8-16(13)20-9-10-21(18,19)15-7-4-6-14(11-15)12-17/h2-8,11H,9-10,12,17H2,1H3. The maximum Gasteiger partial charge on any atom is 0.179 e. The van der Waals surface area contributed by atoms with Crippen molar-refractivity contribution in [2.24, 2.45) is 5.73 Å². The van der Waals surface area contributed by atoms with Gasteiger partial charge in [-0.2, -0.15) is 0 Å². The largest absolute Gasteiger partial charge is 0.326 e. The van der Waals surface area contributed by atoms with Crippen LogP contribution in [0, 0.1) is 6.92 Å². The van der Waals surface area contributed by atoms with E-state index in [2.05, 4.69) is 0 Å². The SMILES string of the molecule is Cc1ccccc1SCCS(=O)(=O)c1cccc(CN)c1. The second kappa shape index (κ2) is 7.11. The highest BCUT2D eigenvalue weighted by Gasteiger charge is 2.14. The van der Waals surface area contributed by atoms with Crippen LogP contribution in [0.4, 0.5) is 0 Å². The minimum absolute atomic E-state index is 0.125. The summed E-state index contributed by atoms with van der Waals surface area (Å²) in [5, 5.41) is 0. The normalized spacial score (nSPS) is 11.5. The Balaban J connectivity index is 2.03. The van der Waals surface area contributed by atoms with Crippen LogP contribution in [-0.2, 0) is 16.4 Å². The van der Waals surface area contributed by atoms with E-state index in [9.17, 15) is 8.42 Å². The fourth-order valence-electron chi connectivity index (χ4n) is 1.96. The first-order valence-corrected chi connectivity index (χ1v) is 9.37. The number of thioether (sulfide) groups is 1. The smallest absolute Gasteiger partial charge is 0.179 e. The monoisotopic (exact) mass is 321 g/mol. The van der Waals surface area contributed by atoms with Gasteiger partial charge in [0.15, 0.2) is 9.84 Å². The van der Waals surface area contributed by atoms with Crippen molar-refractivity contribution in [2.45, 2.75) is 23.3 Å². The van der Waals surface area contributed by atoms with Crippen LogP contribution >= 0.6 is 11.8 Å². The Bertz CT molecular complexity index is 712. The van der Waals surface area contributed by atoms with Crippen LogP contribution in [0.5, 0.6) is 0 Å². The van der Waals surface area contributed by atoms with E-state index in [-0.39, 0.29) is 5.75 Å². The van der Waals surface area contributed by atoms with Gasteiger partial charge in [-0.05, 0) is 36.2 Å². The molecular weight excluding hydrogens is 302 g/mol. The molecule has 2 aromatic rings. The minimum Gasteiger partial charge on any atom is -0.326 e. The van der Waals surface area contributed by atoms with Crippen molar-refractivity contribution in [3.63, 3.8) is 0 Å². The Morgan fingerprint density at radius 2 is 1.86 bits per heavy atom. The summed E-state index contributed by atoms with van der Waals surface area (Å²) in [6, 6.07) is 14.9. The molecule has 0 aliphatic carbocycles. The van der Waals surface area contributed by atoms with Crippen molar-refractivity contribution in [3.05, 3.63) is 59.7 Å². The van der Waals surface area contributed by atoms with E-state index < -0.39 is 9.84 Å². The molecule has 0 spiro atoms. The van der Waals surface area contributed by atoms with Crippen LogP contribution in [0.3, 0.4) is 0 Å². The Kier molecular flexibility index (Phi) is 5.45. The van der Waals surface area contributed by atoms with Crippen molar-refractivity contribution in [1.82, 2.24) is 0 Å². The first-order valence-electron chi connectivity index (χ1n) is 6.73. The summed E-state index contributed by atoms with van der Waals surface area (Å²) >= 11 is 1.57. The third kappa shape index (κ3) is 4.33. The van der Waals surface area contributed by atoms with Gasteiger partial charge < -0.3 is 5.73 Å². The first-order chi connectivity index (χ1) is 10.0. The van der Waals surface area contributed by atoms with Gasteiger partial charge in [0.2, 0.25) is 0 Å². The number of hydrogen-bond donors (Lipinski definition) is 1. The van der Waals surface area contributed by atoms with E-state index >= 15 is 0 Å². The molecule has 0 aliphatic heterocycles. The highest BCUT2D eigenvalue weighted by Crippen LogP contribution is 2.23. The van der Waals surface area contributed by atoms with Gasteiger partial charge in [-0.25, -0.2) is 8.42 Å². The maximum atomic E-state index is 12.3. The number of nitrogens with two attached hydrogens (primary N) is 1. The average Bonchev–Trinajstić information content (AvgIpc) is 2.49. The van der Waals surface area contributed by atoms with Crippen LogP contribution in [-0.4, -0.2) is 19.9 Å². The predicted octanol–water partition coefficient (Wildman–Crippen LogP) is 3.02. The van der Waals surface area contributed by atoms with Crippen LogP contribution < -0.4 is 5.73 Å². The molecule has 0 aliphatic rings. The topological polar surface area (TPSA) is 60.2 Å². The van der Waals surface area contributed by atoms with Crippen molar-refractivity contribution >= 4 is 21.6 Å². The molecule has 0 atom stereocenters. The average molecular weight is 321 g/mol. The molecule has 0 unspecified atom stereocenters. The Hall–Kier alpha value is -1.30. The second-order valence-electron chi connectivity index (χ2n) is 4.78. The Morgan fingerprint density at radius 1 is 1.10 bits per heavy atom. The van der Waals surface area contributed by atoms with Gasteiger partial charge in [0.05, 0.1) is 10.6 Å². The lowest BCUT2D eigenvalue weighted by Gasteiger charge is -2.07. The molecule has 0 aromatic heterocycles. The van der Waals surface area contributed by atoms with E-state index in [0.29, 0.717) is 17.2 Å². The van der Waals surface area contributed by atoms with Gasteiger partial charge in [-0.1, -0.05) is 30.3 Å². The van der Waals surface area contributed by atoms with Gasteiger partial charge >= 0.3 is 0 Å². The molecule has 21 heavy (non-hydrogen) atoms. The fourth-order valence-corrected chi connectivity index (χ4v) is 4.72. The summed E-state index contributed by atoms with van der Waals surface area (Å²) in [4.78, 5) is 1.49. The van der Waals surface area contributed by atoms with Crippen LogP contribution in [0.1, 0.15) is 11.1 Å². The lowest BCUT2D eigenvalue weighted by molar-refractivity contribution is 0.597. The molecule has 0 heterocycles. The molecule has 5 heteroatoms. The van der Waals surface area contributed by atoms with E-state index in [1.165, 1.54) is 5.56 Å². The lowest BCUT2D eigenvalue weighted by Crippen LogP contribution is -2.10. The molecule has 2 rings (SSSR count). The summed E-state index contributed by atoms with van der Waals surface area (Å²) in [5.41, 5.74) is 7.56. The second-order valence-corrected chi connectivity index (χ2v) is 8.03. The summed E-state index contributed by atoms with van der Waals surface area (Å²) in [6.07, 6.45) is 0. The highest BCUT2D eigenvalue weighted by atomic mass is 32.2. The van der Waals surface area contributed by atoms with Crippen molar-refractivity contribution in [2.75, 3.05) is 11.5 Å². The van der Waals surface area contributed by atoms with Crippen molar-refractivity contribution in [1.29, 1.82) is 0 Å². The zero-order valence-electron chi connectivity index (χ0n) is 12.0. The number of benzene rings is 2. The number of rotatable bonds is 6. The van der Waals surface area contributed by atoms with Crippen LogP contribution in [0.25, 0.3) is 0 Å². The fraction of sp³-hybridized carbons (Fsp3) is 0.250. The third-order valence-corrected chi connectivity index (χ3v) is 6.35. The summed E-state index contributed by atoms with van der Waals surface area (Å²) in [5.74, 6) is 0.667. The molecule has 0 saturated carbocycles. The highest BCUT2D eigenvalue weighted by molar-refractivity contribution is 8.00. The van der Waals surface area contributed by atoms with Crippen LogP contribution in [0.15, 0.2) is 58.3 Å². The summed E-state index contributed by atoms with van der Waals surface area (Å²) in [7, 11) is -3.25. The van der Waals surface area contributed by atoms with E-state index in [4.69, 9.17) is 5.73 Å². The quantitative estimate of drug-likeness (QED) is 0.831. The number of hydrogen-bond acceptors (Lipinski definition) is 4. The zero-order chi connectivity index (χ0) is 15.3. The molecule has 0 bridgehead atoms. The van der Waals surface area contributed by atoms with Crippen molar-refractivity contribution in [3.8, 4) is 0 Å². The molecule has 2 N–H and O–H groups in total. The molecule has 2 aromatic carbocycles. The van der Waals surface area contributed by atoms with E-state index in [0.717, 1.165) is 10.5 Å². The maximum absolute atomic E-state index is 12.3. The lowest BCUT2D eigenvalue weighted by atomic mass is 10.2. The van der Waals surface area contributed by atoms with E-state index in [1.54, 1.807) is 30.0 Å². The first kappa shape index (κ1) is 16.1. The van der Waals surface area contributed by atoms with Gasteiger partial charge in [0, 0.05) is 17.2 Å². The minimum atomic E-state index is -3.25. The molecular formula is C16H19NO2S2. The number of sulfone groups is 1. The van der Waals surface area contributed by atoms with Gasteiger partial charge in [0.1, 0.15) is 0 Å². The Labute approximate surface area is 130 Å². The predicted molar refractivity (Wildman–Crippen MR) is 88.3 cm³/mol.